The van der Waals surface area contributed by atoms with Crippen molar-refractivity contribution in [3.8, 4) is 0 Å². The van der Waals surface area contributed by atoms with E-state index in [-0.39, 0.29) is 12.5 Å². The van der Waals surface area contributed by atoms with Gasteiger partial charge in [-0.1, -0.05) is 19.3 Å². The molecule has 1 heterocycles. The van der Waals surface area contributed by atoms with Gasteiger partial charge in [-0.05, 0) is 31.1 Å². The summed E-state index contributed by atoms with van der Waals surface area (Å²) in [6, 6.07) is -0.0205. The first-order chi connectivity index (χ1) is 9.11. The number of rotatable bonds is 4. The molecule has 1 aliphatic carbocycles. The molecular formula is C14H24N2O3. The van der Waals surface area contributed by atoms with E-state index in [2.05, 4.69) is 5.32 Å². The van der Waals surface area contributed by atoms with Crippen LogP contribution in [0.1, 0.15) is 51.4 Å². The number of carboxylic acids is 1. The van der Waals surface area contributed by atoms with Gasteiger partial charge < -0.3 is 15.3 Å². The van der Waals surface area contributed by atoms with Gasteiger partial charge in [-0.2, -0.15) is 0 Å². The molecule has 0 unspecified atom stereocenters. The predicted octanol–water partition coefficient (Wildman–Crippen LogP) is 2.22. The van der Waals surface area contributed by atoms with Crippen molar-refractivity contribution in [2.75, 3.05) is 19.6 Å². The van der Waals surface area contributed by atoms with Gasteiger partial charge in [0.25, 0.3) is 0 Å². The van der Waals surface area contributed by atoms with Crippen molar-refractivity contribution >= 4 is 12.0 Å². The van der Waals surface area contributed by atoms with E-state index in [0.29, 0.717) is 18.4 Å². The molecule has 5 nitrogen and oxygen atoms in total. The van der Waals surface area contributed by atoms with Gasteiger partial charge in [0.15, 0.2) is 0 Å². The predicted molar refractivity (Wildman–Crippen MR) is 72.0 cm³/mol. The molecular weight excluding hydrogens is 244 g/mol. The Labute approximate surface area is 114 Å². The van der Waals surface area contributed by atoms with Crippen LogP contribution in [0.15, 0.2) is 0 Å². The van der Waals surface area contributed by atoms with Crippen molar-refractivity contribution in [1.82, 2.24) is 10.2 Å². The Morgan fingerprint density at radius 2 is 1.89 bits per heavy atom. The minimum Gasteiger partial charge on any atom is -0.481 e. The Morgan fingerprint density at radius 1 is 1.16 bits per heavy atom. The molecule has 0 aromatic rings. The first kappa shape index (κ1) is 14.2. The van der Waals surface area contributed by atoms with Crippen LogP contribution in [0, 0.1) is 5.41 Å². The van der Waals surface area contributed by atoms with E-state index in [0.717, 1.165) is 19.5 Å². The summed E-state index contributed by atoms with van der Waals surface area (Å²) < 4.78 is 0. The second-order valence-corrected chi connectivity index (χ2v) is 5.96. The van der Waals surface area contributed by atoms with E-state index in [1.807, 2.05) is 4.90 Å². The maximum Gasteiger partial charge on any atom is 0.317 e. The standard InChI is InChI=1S/C14H24N2O3/c17-12(18)5-4-9-15-13(19)16-10-8-14(11-16)6-2-1-3-7-14/h1-11H2,(H,15,19)(H,17,18). The molecule has 0 radical (unpaired) electrons. The number of hydrogen-bond acceptors (Lipinski definition) is 2. The average Bonchev–Trinajstić information content (AvgIpc) is 2.79. The molecule has 1 saturated carbocycles. The third-order valence-electron chi connectivity index (χ3n) is 4.48. The van der Waals surface area contributed by atoms with Crippen LogP contribution in [0.5, 0.6) is 0 Å². The fraction of sp³-hybridized carbons (Fsp3) is 0.857. The molecule has 0 bridgehead atoms. The first-order valence-electron chi connectivity index (χ1n) is 7.36. The number of aliphatic carboxylic acids is 1. The van der Waals surface area contributed by atoms with Gasteiger partial charge in [0, 0.05) is 26.1 Å². The summed E-state index contributed by atoms with van der Waals surface area (Å²) in [5.74, 6) is -0.809. The Bertz CT molecular complexity index is 338. The lowest BCUT2D eigenvalue weighted by Gasteiger charge is -2.33. The zero-order valence-electron chi connectivity index (χ0n) is 11.5. The second-order valence-electron chi connectivity index (χ2n) is 5.96. The third kappa shape index (κ3) is 3.85. The van der Waals surface area contributed by atoms with E-state index < -0.39 is 5.97 Å². The zero-order valence-corrected chi connectivity index (χ0v) is 11.5. The lowest BCUT2D eigenvalue weighted by Crippen LogP contribution is -2.40. The molecule has 108 valence electrons. The van der Waals surface area contributed by atoms with E-state index in [4.69, 9.17) is 5.11 Å². The highest BCUT2D eigenvalue weighted by Gasteiger charge is 2.40. The number of carboxylic acid groups (broad SMARTS) is 1. The molecule has 2 rings (SSSR count). The van der Waals surface area contributed by atoms with E-state index in [1.54, 1.807) is 0 Å². The Balaban J connectivity index is 1.71. The third-order valence-corrected chi connectivity index (χ3v) is 4.48. The Kier molecular flexibility index (Phi) is 4.66. The number of hydrogen-bond donors (Lipinski definition) is 2. The average molecular weight is 268 g/mol. The smallest absolute Gasteiger partial charge is 0.317 e. The summed E-state index contributed by atoms with van der Waals surface area (Å²) in [5.41, 5.74) is 0.386. The SMILES string of the molecule is O=C(O)CCCNC(=O)N1CCC2(CCCCC2)C1. The summed E-state index contributed by atoms with van der Waals surface area (Å²) >= 11 is 0. The fourth-order valence-electron chi connectivity index (χ4n) is 3.37. The number of carbonyl (C=O) groups excluding carboxylic acids is 1. The van der Waals surface area contributed by atoms with Gasteiger partial charge >= 0.3 is 12.0 Å². The van der Waals surface area contributed by atoms with Crippen LogP contribution < -0.4 is 5.32 Å². The molecule has 5 heteroatoms. The second kappa shape index (κ2) is 6.26. The number of carbonyl (C=O) groups is 2. The summed E-state index contributed by atoms with van der Waals surface area (Å²) in [6.07, 6.45) is 8.21. The normalized spacial score (nSPS) is 21.6. The summed E-state index contributed by atoms with van der Waals surface area (Å²) in [7, 11) is 0. The monoisotopic (exact) mass is 268 g/mol. The summed E-state index contributed by atoms with van der Waals surface area (Å²) in [5, 5.41) is 11.4. The molecule has 2 fully saturated rings. The van der Waals surface area contributed by atoms with Crippen LogP contribution >= 0.6 is 0 Å². The maximum absolute atomic E-state index is 12.0. The van der Waals surface area contributed by atoms with Gasteiger partial charge in [0.05, 0.1) is 0 Å². The van der Waals surface area contributed by atoms with Gasteiger partial charge in [-0.3, -0.25) is 4.79 Å². The maximum atomic E-state index is 12.0. The van der Waals surface area contributed by atoms with Crippen molar-refractivity contribution in [3.63, 3.8) is 0 Å². The number of nitrogens with zero attached hydrogens (tertiary/aromatic N) is 1. The molecule has 2 amide bonds. The molecule has 1 saturated heterocycles. The van der Waals surface area contributed by atoms with Crippen LogP contribution in [-0.2, 0) is 4.79 Å². The molecule has 0 aromatic heterocycles. The molecule has 0 atom stereocenters. The quantitative estimate of drug-likeness (QED) is 0.768. The number of urea groups is 1. The van der Waals surface area contributed by atoms with Crippen LogP contribution in [0.2, 0.25) is 0 Å². The minimum absolute atomic E-state index is 0.0205. The van der Waals surface area contributed by atoms with Crippen molar-refractivity contribution in [1.29, 1.82) is 0 Å². The molecule has 1 spiro atoms. The van der Waals surface area contributed by atoms with Gasteiger partial charge in [-0.15, -0.1) is 0 Å². The highest BCUT2D eigenvalue weighted by Crippen LogP contribution is 2.43. The van der Waals surface area contributed by atoms with Crippen molar-refractivity contribution < 1.29 is 14.7 Å². The number of nitrogens with one attached hydrogen (secondary N) is 1. The molecule has 2 aliphatic rings. The van der Waals surface area contributed by atoms with Crippen LogP contribution in [0.4, 0.5) is 4.79 Å². The Morgan fingerprint density at radius 3 is 2.58 bits per heavy atom. The van der Waals surface area contributed by atoms with E-state index in [9.17, 15) is 9.59 Å². The summed E-state index contributed by atoms with van der Waals surface area (Å²) in [4.78, 5) is 24.3. The van der Waals surface area contributed by atoms with E-state index >= 15 is 0 Å². The fourth-order valence-corrected chi connectivity index (χ4v) is 3.37. The van der Waals surface area contributed by atoms with Gasteiger partial charge in [0.2, 0.25) is 0 Å². The van der Waals surface area contributed by atoms with Gasteiger partial charge in [0.1, 0.15) is 0 Å². The zero-order chi connectivity index (χ0) is 13.7. The highest BCUT2D eigenvalue weighted by molar-refractivity contribution is 5.74. The number of likely N-dealkylation sites (tertiary alicyclic amines) is 1. The lowest BCUT2D eigenvalue weighted by atomic mass is 9.73. The molecule has 2 N–H and O–H groups in total. The molecule has 0 aromatic carbocycles. The summed E-state index contributed by atoms with van der Waals surface area (Å²) in [6.45, 7) is 2.19. The Hall–Kier alpha value is -1.26. The largest absolute Gasteiger partial charge is 0.481 e. The van der Waals surface area contributed by atoms with Gasteiger partial charge in [-0.25, -0.2) is 4.79 Å². The van der Waals surface area contributed by atoms with Crippen molar-refractivity contribution in [3.05, 3.63) is 0 Å². The number of amides is 2. The topological polar surface area (TPSA) is 69.6 Å². The molecule has 19 heavy (non-hydrogen) atoms. The first-order valence-corrected chi connectivity index (χ1v) is 7.36. The highest BCUT2D eigenvalue weighted by atomic mass is 16.4. The van der Waals surface area contributed by atoms with Crippen molar-refractivity contribution in [2.24, 2.45) is 5.41 Å². The minimum atomic E-state index is -0.809. The van der Waals surface area contributed by atoms with Crippen LogP contribution in [0.25, 0.3) is 0 Å². The lowest BCUT2D eigenvalue weighted by molar-refractivity contribution is -0.137. The molecule has 1 aliphatic heterocycles. The van der Waals surface area contributed by atoms with Crippen molar-refractivity contribution in [2.45, 2.75) is 51.4 Å². The van der Waals surface area contributed by atoms with Crippen LogP contribution in [-0.4, -0.2) is 41.6 Å². The van der Waals surface area contributed by atoms with E-state index in [1.165, 1.54) is 32.1 Å². The van der Waals surface area contributed by atoms with Crippen LogP contribution in [0.3, 0.4) is 0 Å².